The number of nitrogens with zero attached hydrogens (tertiary/aromatic N) is 3. The predicted octanol–water partition coefficient (Wildman–Crippen LogP) is 4.95. The van der Waals surface area contributed by atoms with Crippen molar-refractivity contribution in [2.24, 2.45) is 0 Å². The Kier molecular flexibility index (Phi) is 5.50. The van der Waals surface area contributed by atoms with Crippen molar-refractivity contribution in [2.45, 2.75) is 39.7 Å². The van der Waals surface area contributed by atoms with Gasteiger partial charge in [-0.25, -0.2) is 4.98 Å². The molecule has 0 fully saturated rings. The van der Waals surface area contributed by atoms with E-state index in [0.717, 1.165) is 26.5 Å². The monoisotopic (exact) mass is 413 g/mol. The molecule has 1 aromatic carbocycles. The maximum Gasteiger partial charge on any atom is 0.306 e. The molecule has 0 atom stereocenters. The van der Waals surface area contributed by atoms with Gasteiger partial charge in [0, 0.05) is 11.3 Å². The van der Waals surface area contributed by atoms with E-state index in [1.807, 2.05) is 30.3 Å². The Morgan fingerprint density at radius 2 is 2.07 bits per heavy atom. The van der Waals surface area contributed by atoms with Crippen LogP contribution in [0.15, 0.2) is 34.7 Å². The van der Waals surface area contributed by atoms with Crippen LogP contribution in [0.5, 0.6) is 0 Å². The van der Waals surface area contributed by atoms with Crippen molar-refractivity contribution in [3.63, 3.8) is 0 Å². The lowest BCUT2D eigenvalue weighted by Gasteiger charge is -2.00. The van der Waals surface area contributed by atoms with E-state index in [9.17, 15) is 4.79 Å². The fourth-order valence-corrected chi connectivity index (χ4v) is 4.84. The molecule has 28 heavy (non-hydrogen) atoms. The van der Waals surface area contributed by atoms with Crippen molar-refractivity contribution in [2.75, 3.05) is 0 Å². The van der Waals surface area contributed by atoms with Crippen LogP contribution in [0.3, 0.4) is 0 Å². The fraction of sp³-hybridized carbons (Fsp3) is 0.300. The van der Waals surface area contributed by atoms with Crippen molar-refractivity contribution in [1.29, 1.82) is 0 Å². The largest absolute Gasteiger partial charge is 0.456 e. The summed E-state index contributed by atoms with van der Waals surface area (Å²) in [5, 5.41) is 8.97. The maximum absolute atomic E-state index is 12.0. The number of hydrogen-bond acceptors (Lipinski definition) is 8. The van der Waals surface area contributed by atoms with E-state index in [4.69, 9.17) is 9.15 Å². The van der Waals surface area contributed by atoms with Crippen LogP contribution in [-0.2, 0) is 29.0 Å². The molecular weight excluding hydrogens is 394 g/mol. The normalized spacial score (nSPS) is 11.2. The van der Waals surface area contributed by atoms with Crippen molar-refractivity contribution in [3.8, 4) is 10.8 Å². The zero-order valence-electron chi connectivity index (χ0n) is 15.6. The van der Waals surface area contributed by atoms with Crippen molar-refractivity contribution in [1.82, 2.24) is 15.2 Å². The first-order valence-electron chi connectivity index (χ1n) is 9.04. The maximum atomic E-state index is 12.0. The van der Waals surface area contributed by atoms with Gasteiger partial charge in [0.05, 0.1) is 26.5 Å². The highest BCUT2D eigenvalue weighted by Crippen LogP contribution is 2.30. The van der Waals surface area contributed by atoms with Crippen molar-refractivity contribution in [3.05, 3.63) is 51.7 Å². The Balaban J connectivity index is 1.30. The summed E-state index contributed by atoms with van der Waals surface area (Å²) in [6.45, 7) is 4.18. The van der Waals surface area contributed by atoms with Crippen LogP contribution >= 0.6 is 22.7 Å². The summed E-state index contributed by atoms with van der Waals surface area (Å²) in [6.07, 6.45) is 1.80. The second kappa shape index (κ2) is 8.20. The van der Waals surface area contributed by atoms with Gasteiger partial charge in [-0.2, -0.15) is 0 Å². The number of aryl methyl sites for hydroxylation is 3. The Morgan fingerprint density at radius 1 is 1.21 bits per heavy atom. The lowest BCUT2D eigenvalue weighted by Crippen LogP contribution is -2.06. The first kappa shape index (κ1) is 18.8. The van der Waals surface area contributed by atoms with Gasteiger partial charge >= 0.3 is 5.97 Å². The van der Waals surface area contributed by atoms with Gasteiger partial charge in [-0.15, -0.1) is 32.9 Å². The van der Waals surface area contributed by atoms with Gasteiger partial charge in [0.1, 0.15) is 0 Å². The molecule has 0 spiro atoms. The van der Waals surface area contributed by atoms with Gasteiger partial charge in [-0.1, -0.05) is 19.1 Å². The van der Waals surface area contributed by atoms with E-state index in [2.05, 4.69) is 29.0 Å². The van der Waals surface area contributed by atoms with E-state index >= 15 is 0 Å². The van der Waals surface area contributed by atoms with Gasteiger partial charge in [0.15, 0.2) is 6.61 Å². The molecule has 0 bridgehead atoms. The number of ether oxygens (including phenoxy) is 1. The third-order valence-electron chi connectivity index (χ3n) is 4.26. The molecule has 0 unspecified atom stereocenters. The van der Waals surface area contributed by atoms with E-state index in [1.165, 1.54) is 10.4 Å². The summed E-state index contributed by atoms with van der Waals surface area (Å²) in [4.78, 5) is 18.8. The molecule has 0 aliphatic rings. The minimum absolute atomic E-state index is 0.0172. The lowest BCUT2D eigenvalue weighted by molar-refractivity contribution is -0.145. The SMILES string of the molecule is CCc1sc(-c2nnc(COC(=O)CCc3nc4ccccc4s3)o2)cc1C. The van der Waals surface area contributed by atoms with Crippen LogP contribution in [-0.4, -0.2) is 21.2 Å². The molecule has 6 nitrogen and oxygen atoms in total. The molecule has 0 saturated heterocycles. The summed E-state index contributed by atoms with van der Waals surface area (Å²) < 4.78 is 12.0. The predicted molar refractivity (Wildman–Crippen MR) is 109 cm³/mol. The number of carbonyl (C=O) groups excluding carboxylic acids is 1. The molecule has 4 rings (SSSR count). The summed E-state index contributed by atoms with van der Waals surface area (Å²) in [6, 6.07) is 9.99. The summed E-state index contributed by atoms with van der Waals surface area (Å²) in [7, 11) is 0. The van der Waals surface area contributed by atoms with E-state index in [1.54, 1.807) is 22.7 Å². The topological polar surface area (TPSA) is 78.1 Å². The number of thiazole rings is 1. The van der Waals surface area contributed by atoms with Crippen molar-refractivity contribution >= 4 is 38.9 Å². The standard InChI is InChI=1S/C20H19N3O3S2/c1-3-14-12(2)10-16(27-14)20-23-22-17(26-20)11-25-19(24)9-8-18-21-13-6-4-5-7-15(13)28-18/h4-7,10H,3,8-9,11H2,1-2H3. The molecule has 4 aromatic rings. The fourth-order valence-electron chi connectivity index (χ4n) is 2.84. The summed E-state index contributed by atoms with van der Waals surface area (Å²) in [5.41, 5.74) is 2.19. The number of benzene rings is 1. The van der Waals surface area contributed by atoms with E-state index in [-0.39, 0.29) is 19.0 Å². The zero-order chi connectivity index (χ0) is 19.5. The second-order valence-corrected chi connectivity index (χ2v) is 8.56. The van der Waals surface area contributed by atoms with Crippen LogP contribution in [0.25, 0.3) is 21.0 Å². The van der Waals surface area contributed by atoms with Gasteiger partial charge in [-0.3, -0.25) is 4.79 Å². The van der Waals surface area contributed by atoms with Crippen LogP contribution in [0, 0.1) is 6.92 Å². The number of para-hydroxylation sites is 1. The average Bonchev–Trinajstić information content (AvgIpc) is 3.41. The number of rotatable bonds is 7. The number of esters is 1. The number of carbonyl (C=O) groups is 1. The molecule has 0 saturated carbocycles. The molecular formula is C20H19N3O3S2. The Hall–Kier alpha value is -2.58. The molecule has 0 aliphatic heterocycles. The van der Waals surface area contributed by atoms with Crippen molar-refractivity contribution < 1.29 is 13.9 Å². The molecule has 3 aromatic heterocycles. The summed E-state index contributed by atoms with van der Waals surface area (Å²) in [5.74, 6) is 0.458. The highest BCUT2D eigenvalue weighted by Gasteiger charge is 2.15. The van der Waals surface area contributed by atoms with Gasteiger partial charge in [0.25, 0.3) is 11.8 Å². The smallest absolute Gasteiger partial charge is 0.306 e. The highest BCUT2D eigenvalue weighted by molar-refractivity contribution is 7.18. The van der Waals surface area contributed by atoms with Gasteiger partial charge in [-0.05, 0) is 37.1 Å². The molecule has 3 heterocycles. The second-order valence-electron chi connectivity index (χ2n) is 6.31. The van der Waals surface area contributed by atoms with Crippen LogP contribution in [0.4, 0.5) is 0 Å². The Bertz CT molecular complexity index is 1080. The third-order valence-corrected chi connectivity index (χ3v) is 6.72. The van der Waals surface area contributed by atoms with E-state index < -0.39 is 0 Å². The average molecular weight is 414 g/mol. The van der Waals surface area contributed by atoms with Gasteiger partial charge < -0.3 is 9.15 Å². The number of thiophene rings is 1. The van der Waals surface area contributed by atoms with Crippen LogP contribution in [0.1, 0.15) is 34.7 Å². The molecule has 0 aliphatic carbocycles. The van der Waals surface area contributed by atoms with Crippen LogP contribution in [0.2, 0.25) is 0 Å². The minimum Gasteiger partial charge on any atom is -0.456 e. The molecule has 8 heteroatoms. The van der Waals surface area contributed by atoms with Gasteiger partial charge in [0.2, 0.25) is 0 Å². The molecule has 0 N–H and O–H groups in total. The van der Waals surface area contributed by atoms with Crippen LogP contribution < -0.4 is 0 Å². The first-order valence-corrected chi connectivity index (χ1v) is 10.7. The number of hydrogen-bond donors (Lipinski definition) is 0. The van der Waals surface area contributed by atoms with E-state index in [0.29, 0.717) is 18.2 Å². The Morgan fingerprint density at radius 3 is 2.86 bits per heavy atom. The first-order chi connectivity index (χ1) is 13.6. The highest BCUT2D eigenvalue weighted by atomic mass is 32.1. The minimum atomic E-state index is -0.306. The summed E-state index contributed by atoms with van der Waals surface area (Å²) >= 11 is 3.25. The molecule has 0 radical (unpaired) electrons. The third kappa shape index (κ3) is 4.13. The number of aromatic nitrogens is 3. The quantitative estimate of drug-likeness (QED) is 0.399. The number of fused-ring (bicyclic) bond motifs is 1. The Labute approximate surface area is 170 Å². The zero-order valence-corrected chi connectivity index (χ0v) is 17.2. The molecule has 144 valence electrons. The molecule has 0 amide bonds. The lowest BCUT2D eigenvalue weighted by atomic mass is 10.2.